The molecule has 0 aliphatic carbocycles. The van der Waals surface area contributed by atoms with E-state index < -0.39 is 0 Å². The maximum absolute atomic E-state index is 9.54. The van der Waals surface area contributed by atoms with E-state index in [0.717, 1.165) is 30.9 Å². The number of hydrogen-bond acceptors (Lipinski definition) is 3. The number of para-hydroxylation sites is 1. The predicted octanol–water partition coefficient (Wildman–Crippen LogP) is 3.04. The average molecular weight is 256 g/mol. The number of phenols is 1. The molecular weight excluding hydrogens is 236 g/mol. The summed E-state index contributed by atoms with van der Waals surface area (Å²) in [6.07, 6.45) is 0.899. The maximum Gasteiger partial charge on any atom is 0.117 e. The monoisotopic (exact) mass is 256 g/mol. The van der Waals surface area contributed by atoms with Gasteiger partial charge in [-0.1, -0.05) is 24.3 Å². The molecule has 0 aliphatic heterocycles. The van der Waals surface area contributed by atoms with Gasteiger partial charge in [-0.2, -0.15) is 0 Å². The number of likely N-dealkylation sites (N-methyl/N-ethyl adjacent to an activating group) is 1. The van der Waals surface area contributed by atoms with Gasteiger partial charge in [0.15, 0.2) is 0 Å². The molecule has 0 heterocycles. The summed E-state index contributed by atoms with van der Waals surface area (Å²) in [5, 5.41) is 9.54. The molecule has 2 rings (SSSR count). The molecule has 3 N–H and O–H groups in total. The van der Waals surface area contributed by atoms with Crippen LogP contribution in [0.15, 0.2) is 48.5 Å². The highest BCUT2D eigenvalue weighted by atomic mass is 16.3. The quantitative estimate of drug-likeness (QED) is 0.808. The van der Waals surface area contributed by atoms with Crippen LogP contribution in [-0.4, -0.2) is 18.2 Å². The van der Waals surface area contributed by atoms with E-state index in [1.165, 1.54) is 5.56 Å². The normalized spacial score (nSPS) is 10.4. The van der Waals surface area contributed by atoms with Crippen molar-refractivity contribution in [2.75, 3.05) is 23.7 Å². The molecule has 2 aromatic rings. The standard InChI is InChI=1S/C16H20N2O/c1-2-18(14-7-5-8-15(19)12-14)11-10-13-6-3-4-9-16(13)17/h3-9,12,19H,2,10-11,17H2,1H3. The Bertz CT molecular complexity index is 540. The maximum atomic E-state index is 9.54. The van der Waals surface area contributed by atoms with Crippen molar-refractivity contribution >= 4 is 11.4 Å². The van der Waals surface area contributed by atoms with Crippen LogP contribution in [0.4, 0.5) is 11.4 Å². The summed E-state index contributed by atoms with van der Waals surface area (Å²) in [7, 11) is 0. The third-order valence-corrected chi connectivity index (χ3v) is 3.28. The summed E-state index contributed by atoms with van der Waals surface area (Å²) >= 11 is 0. The fraction of sp³-hybridized carbons (Fsp3) is 0.250. The molecule has 0 atom stereocenters. The highest BCUT2D eigenvalue weighted by Crippen LogP contribution is 2.21. The first-order chi connectivity index (χ1) is 9.20. The van der Waals surface area contributed by atoms with Crippen molar-refractivity contribution in [3.63, 3.8) is 0 Å². The van der Waals surface area contributed by atoms with Crippen molar-refractivity contribution in [2.24, 2.45) is 0 Å². The van der Waals surface area contributed by atoms with Crippen LogP contribution in [0.1, 0.15) is 12.5 Å². The van der Waals surface area contributed by atoms with E-state index in [-0.39, 0.29) is 0 Å². The molecule has 0 saturated carbocycles. The van der Waals surface area contributed by atoms with Crippen LogP contribution < -0.4 is 10.6 Å². The Hall–Kier alpha value is -2.16. The van der Waals surface area contributed by atoms with Crippen molar-refractivity contribution in [3.05, 3.63) is 54.1 Å². The van der Waals surface area contributed by atoms with Crippen LogP contribution in [0.5, 0.6) is 5.75 Å². The molecular formula is C16H20N2O. The Morgan fingerprint density at radius 2 is 1.89 bits per heavy atom. The Labute approximate surface area is 114 Å². The van der Waals surface area contributed by atoms with Gasteiger partial charge in [-0.15, -0.1) is 0 Å². The zero-order valence-corrected chi connectivity index (χ0v) is 11.2. The lowest BCUT2D eigenvalue weighted by atomic mass is 10.1. The number of anilines is 2. The van der Waals surface area contributed by atoms with Crippen molar-refractivity contribution in [2.45, 2.75) is 13.3 Å². The molecule has 19 heavy (non-hydrogen) atoms. The van der Waals surface area contributed by atoms with Gasteiger partial charge in [-0.05, 0) is 37.1 Å². The minimum atomic E-state index is 0.301. The van der Waals surface area contributed by atoms with E-state index in [4.69, 9.17) is 5.73 Å². The number of rotatable bonds is 5. The first-order valence-corrected chi connectivity index (χ1v) is 6.58. The SMILES string of the molecule is CCN(CCc1ccccc1N)c1cccc(O)c1. The van der Waals surface area contributed by atoms with E-state index in [0.29, 0.717) is 5.75 Å². The molecule has 0 aromatic heterocycles. The number of nitrogens with two attached hydrogens (primary N) is 1. The first-order valence-electron chi connectivity index (χ1n) is 6.58. The Balaban J connectivity index is 2.06. The fourth-order valence-electron chi connectivity index (χ4n) is 2.18. The van der Waals surface area contributed by atoms with Gasteiger partial charge < -0.3 is 15.7 Å². The Morgan fingerprint density at radius 3 is 2.58 bits per heavy atom. The van der Waals surface area contributed by atoms with E-state index >= 15 is 0 Å². The number of phenolic OH excluding ortho intramolecular Hbond substituents is 1. The zero-order valence-electron chi connectivity index (χ0n) is 11.2. The van der Waals surface area contributed by atoms with Gasteiger partial charge in [0.05, 0.1) is 0 Å². The van der Waals surface area contributed by atoms with Gasteiger partial charge in [0, 0.05) is 30.5 Å². The van der Waals surface area contributed by atoms with Crippen molar-refractivity contribution in [1.82, 2.24) is 0 Å². The molecule has 3 heteroatoms. The van der Waals surface area contributed by atoms with Crippen LogP contribution in [0.25, 0.3) is 0 Å². The third kappa shape index (κ3) is 3.41. The van der Waals surface area contributed by atoms with E-state index in [9.17, 15) is 5.11 Å². The first kappa shape index (κ1) is 13.3. The topological polar surface area (TPSA) is 49.5 Å². The lowest BCUT2D eigenvalue weighted by Crippen LogP contribution is -2.25. The lowest BCUT2D eigenvalue weighted by molar-refractivity contribution is 0.475. The van der Waals surface area contributed by atoms with Crippen LogP contribution in [0, 0.1) is 0 Å². The molecule has 0 aliphatic rings. The fourth-order valence-corrected chi connectivity index (χ4v) is 2.18. The molecule has 0 fully saturated rings. The highest BCUT2D eigenvalue weighted by Gasteiger charge is 2.06. The molecule has 2 aromatic carbocycles. The minimum Gasteiger partial charge on any atom is -0.508 e. The summed E-state index contributed by atoms with van der Waals surface area (Å²) in [6, 6.07) is 15.3. The van der Waals surface area contributed by atoms with Gasteiger partial charge in [0.2, 0.25) is 0 Å². The summed E-state index contributed by atoms with van der Waals surface area (Å²) in [5.41, 5.74) is 9.00. The van der Waals surface area contributed by atoms with Crippen LogP contribution in [-0.2, 0) is 6.42 Å². The van der Waals surface area contributed by atoms with Crippen LogP contribution in [0.2, 0.25) is 0 Å². The molecule has 0 radical (unpaired) electrons. The number of nitrogen functional groups attached to an aromatic ring is 1. The summed E-state index contributed by atoms with van der Waals surface area (Å²) in [5.74, 6) is 0.301. The zero-order chi connectivity index (χ0) is 13.7. The van der Waals surface area contributed by atoms with Gasteiger partial charge in [-0.25, -0.2) is 0 Å². The predicted molar refractivity (Wildman–Crippen MR) is 80.6 cm³/mol. The number of aromatic hydroxyl groups is 1. The van der Waals surface area contributed by atoms with Gasteiger partial charge in [0.1, 0.15) is 5.75 Å². The minimum absolute atomic E-state index is 0.301. The Kier molecular flexibility index (Phi) is 4.29. The number of benzene rings is 2. The van der Waals surface area contributed by atoms with Crippen molar-refractivity contribution in [1.29, 1.82) is 0 Å². The molecule has 100 valence electrons. The smallest absolute Gasteiger partial charge is 0.117 e. The average Bonchev–Trinajstić information content (AvgIpc) is 2.41. The molecule has 0 bridgehead atoms. The van der Waals surface area contributed by atoms with Crippen molar-refractivity contribution < 1.29 is 5.11 Å². The van der Waals surface area contributed by atoms with E-state index in [2.05, 4.69) is 17.9 Å². The van der Waals surface area contributed by atoms with Crippen molar-refractivity contribution in [3.8, 4) is 5.75 Å². The summed E-state index contributed by atoms with van der Waals surface area (Å²) < 4.78 is 0. The largest absolute Gasteiger partial charge is 0.508 e. The number of hydrogen-bond donors (Lipinski definition) is 2. The second-order valence-electron chi connectivity index (χ2n) is 4.55. The molecule has 0 amide bonds. The van der Waals surface area contributed by atoms with E-state index in [1.54, 1.807) is 12.1 Å². The van der Waals surface area contributed by atoms with Crippen LogP contribution >= 0.6 is 0 Å². The van der Waals surface area contributed by atoms with Gasteiger partial charge >= 0.3 is 0 Å². The highest BCUT2D eigenvalue weighted by molar-refractivity contribution is 5.51. The van der Waals surface area contributed by atoms with Crippen LogP contribution in [0.3, 0.4) is 0 Å². The van der Waals surface area contributed by atoms with Gasteiger partial charge in [0.25, 0.3) is 0 Å². The molecule has 3 nitrogen and oxygen atoms in total. The Morgan fingerprint density at radius 1 is 1.11 bits per heavy atom. The molecule has 0 unspecified atom stereocenters. The van der Waals surface area contributed by atoms with E-state index in [1.807, 2.05) is 30.3 Å². The molecule has 0 spiro atoms. The number of nitrogens with zero attached hydrogens (tertiary/aromatic N) is 1. The van der Waals surface area contributed by atoms with Gasteiger partial charge in [-0.3, -0.25) is 0 Å². The second kappa shape index (κ2) is 6.14. The summed E-state index contributed by atoms with van der Waals surface area (Å²) in [6.45, 7) is 3.89. The molecule has 0 saturated heterocycles. The second-order valence-corrected chi connectivity index (χ2v) is 4.55. The lowest BCUT2D eigenvalue weighted by Gasteiger charge is -2.23. The third-order valence-electron chi connectivity index (χ3n) is 3.28. The summed E-state index contributed by atoms with van der Waals surface area (Å²) in [4.78, 5) is 2.23.